The molecule has 0 spiro atoms. The van der Waals surface area contributed by atoms with Gasteiger partial charge in [-0.15, -0.1) is 0 Å². The molecule has 4 saturated heterocycles. The predicted octanol–water partition coefficient (Wildman–Crippen LogP) is -2.96. The standard InChI is InChI=1S/C54H92O23/c1-22(23-15-16-52(6)30-12-10-24-25(54(30,8)31(59)17-53(23,52)7)11-14-32(50(24,2)3)75-47-43(68)40(65)36(61)28(20-57)73-47)9-13-33(51(4,5)70)76-49-46(77-48-44(69)41(66)37(62)29(21-58)74-48)38(63)34(26(18-55)72-49)45-42(67)39(64)35(60)27(19-56)71-45/h10,22-23,25-49,55-70H,9,11-21H2,1-8H3/t22-,23?,25?,26-,27-,28-,29-,30?,31-,32+,33-,34?,35-,36-,37-,38+,39+,40+,41+,42-,43-,44-,45-,46-,47+,48+,49+,52+,53-,54+/m1/s1. The first-order valence-electron chi connectivity index (χ1n) is 27.9. The van der Waals surface area contributed by atoms with Crippen molar-refractivity contribution in [3.05, 3.63) is 11.6 Å². The highest BCUT2D eigenvalue weighted by Gasteiger charge is 2.70. The van der Waals surface area contributed by atoms with Gasteiger partial charge >= 0.3 is 0 Å². The van der Waals surface area contributed by atoms with E-state index in [1.807, 2.05) is 0 Å². The van der Waals surface area contributed by atoms with Crippen molar-refractivity contribution >= 4 is 0 Å². The van der Waals surface area contributed by atoms with Crippen molar-refractivity contribution in [1.82, 2.24) is 0 Å². The molecule has 4 aliphatic carbocycles. The van der Waals surface area contributed by atoms with E-state index in [2.05, 4.69) is 47.6 Å². The van der Waals surface area contributed by atoms with Crippen molar-refractivity contribution in [2.45, 2.75) is 247 Å². The summed E-state index contributed by atoms with van der Waals surface area (Å²) in [5.41, 5.74) is -2.05. The Kier molecular flexibility index (Phi) is 18.6. The largest absolute Gasteiger partial charge is 0.394 e. The fourth-order valence-electron chi connectivity index (χ4n) is 16.1. The number of ether oxygens (including phenoxy) is 7. The molecule has 0 aromatic rings. The van der Waals surface area contributed by atoms with Crippen LogP contribution in [-0.4, -0.2) is 249 Å². The van der Waals surface area contributed by atoms with Crippen LogP contribution in [0.1, 0.15) is 107 Å². The summed E-state index contributed by atoms with van der Waals surface area (Å²) in [4.78, 5) is 0. The molecule has 446 valence electrons. The molecule has 3 saturated carbocycles. The summed E-state index contributed by atoms with van der Waals surface area (Å²) < 4.78 is 42.7. The molecule has 4 aliphatic heterocycles. The number of fused-ring (bicyclic) bond motifs is 5. The van der Waals surface area contributed by atoms with Crippen LogP contribution in [-0.2, 0) is 33.2 Å². The number of hydrogen-bond acceptors (Lipinski definition) is 23. The molecule has 23 heteroatoms. The molecule has 8 rings (SSSR count). The summed E-state index contributed by atoms with van der Waals surface area (Å²) in [5, 5.41) is 174. The van der Waals surface area contributed by atoms with Crippen molar-refractivity contribution in [3.8, 4) is 0 Å². The monoisotopic (exact) mass is 1110 g/mol. The lowest BCUT2D eigenvalue weighted by Crippen LogP contribution is -2.69. The molecular formula is C54H92O23. The normalized spacial score (nSPS) is 51.9. The summed E-state index contributed by atoms with van der Waals surface area (Å²) >= 11 is 0. The summed E-state index contributed by atoms with van der Waals surface area (Å²) in [6.45, 7) is 13.3. The minimum absolute atomic E-state index is 0.00949. The highest BCUT2D eigenvalue weighted by Crippen LogP contribution is 2.75. The molecule has 16 N–H and O–H groups in total. The first-order chi connectivity index (χ1) is 36.0. The molecular weight excluding hydrogens is 1020 g/mol. The van der Waals surface area contributed by atoms with Gasteiger partial charge in [-0.05, 0) is 99.7 Å². The quantitative estimate of drug-likeness (QED) is 0.0687. The minimum Gasteiger partial charge on any atom is -0.394 e. The summed E-state index contributed by atoms with van der Waals surface area (Å²) in [6.07, 6.45) is -26.1. The summed E-state index contributed by atoms with van der Waals surface area (Å²) in [7, 11) is 0. The highest BCUT2D eigenvalue weighted by molar-refractivity contribution is 5.32. The first-order valence-corrected chi connectivity index (χ1v) is 27.9. The average molecular weight is 1110 g/mol. The van der Waals surface area contributed by atoms with E-state index >= 15 is 0 Å². The van der Waals surface area contributed by atoms with Crippen LogP contribution in [0.3, 0.4) is 0 Å². The molecule has 7 fully saturated rings. The smallest absolute Gasteiger partial charge is 0.187 e. The van der Waals surface area contributed by atoms with Crippen molar-refractivity contribution < 1.29 is 115 Å². The third kappa shape index (κ3) is 10.6. The van der Waals surface area contributed by atoms with Gasteiger partial charge in [0.2, 0.25) is 0 Å². The second-order valence-corrected chi connectivity index (χ2v) is 25.9. The van der Waals surface area contributed by atoms with Crippen LogP contribution in [0.2, 0.25) is 0 Å². The Morgan fingerprint density at radius 1 is 0.597 bits per heavy atom. The van der Waals surface area contributed by atoms with Crippen molar-refractivity contribution in [3.63, 3.8) is 0 Å². The lowest BCUT2D eigenvalue weighted by atomic mass is 9.38. The Hall–Kier alpha value is -1.18. The Morgan fingerprint density at radius 3 is 1.66 bits per heavy atom. The van der Waals surface area contributed by atoms with Gasteiger partial charge in [0, 0.05) is 16.7 Å². The van der Waals surface area contributed by atoms with Gasteiger partial charge in [-0.1, -0.05) is 53.2 Å². The van der Waals surface area contributed by atoms with E-state index < -0.39 is 184 Å². The zero-order valence-corrected chi connectivity index (χ0v) is 45.7. The van der Waals surface area contributed by atoms with E-state index in [1.54, 1.807) is 0 Å². The lowest BCUT2D eigenvalue weighted by Gasteiger charge is -2.67. The second kappa shape index (κ2) is 23.1. The van der Waals surface area contributed by atoms with Crippen LogP contribution >= 0.6 is 0 Å². The highest BCUT2D eigenvalue weighted by atomic mass is 16.8. The topological polar surface area (TPSA) is 388 Å². The van der Waals surface area contributed by atoms with Gasteiger partial charge in [0.15, 0.2) is 18.9 Å². The molecule has 4 unspecified atom stereocenters. The third-order valence-electron chi connectivity index (χ3n) is 21.1. The third-order valence-corrected chi connectivity index (χ3v) is 21.1. The molecule has 77 heavy (non-hydrogen) atoms. The van der Waals surface area contributed by atoms with Crippen LogP contribution in [0.5, 0.6) is 0 Å². The van der Waals surface area contributed by atoms with Crippen LogP contribution < -0.4 is 0 Å². The maximum Gasteiger partial charge on any atom is 0.187 e. The van der Waals surface area contributed by atoms with Gasteiger partial charge in [-0.3, -0.25) is 0 Å². The van der Waals surface area contributed by atoms with E-state index in [0.29, 0.717) is 32.1 Å². The van der Waals surface area contributed by atoms with Gasteiger partial charge in [-0.25, -0.2) is 0 Å². The number of hydrogen-bond donors (Lipinski definition) is 16. The number of rotatable bonds is 16. The second-order valence-electron chi connectivity index (χ2n) is 25.9. The lowest BCUT2D eigenvalue weighted by molar-refractivity contribution is -0.381. The van der Waals surface area contributed by atoms with E-state index in [0.717, 1.165) is 18.4 Å². The fourth-order valence-corrected chi connectivity index (χ4v) is 16.1. The molecule has 0 aromatic heterocycles. The maximum atomic E-state index is 12.7. The zero-order valence-electron chi connectivity index (χ0n) is 45.7. The maximum absolute atomic E-state index is 12.7. The van der Waals surface area contributed by atoms with Gasteiger partial charge in [-0.2, -0.15) is 0 Å². The molecule has 0 radical (unpaired) electrons. The Bertz CT molecular complexity index is 2000. The molecule has 4 heterocycles. The molecule has 23 nitrogen and oxygen atoms in total. The Labute approximate surface area is 450 Å². The Morgan fingerprint density at radius 2 is 1.12 bits per heavy atom. The van der Waals surface area contributed by atoms with Gasteiger partial charge in [0.25, 0.3) is 0 Å². The van der Waals surface area contributed by atoms with Crippen LogP contribution in [0.25, 0.3) is 0 Å². The average Bonchev–Trinajstić information content (AvgIpc) is 3.65. The summed E-state index contributed by atoms with van der Waals surface area (Å²) in [5.74, 6) is -1.25. The number of aliphatic hydroxyl groups excluding tert-OH is 15. The van der Waals surface area contributed by atoms with Crippen molar-refractivity contribution in [2.75, 3.05) is 26.4 Å². The fraction of sp³-hybridized carbons (Fsp3) is 0.963. The van der Waals surface area contributed by atoms with E-state index in [4.69, 9.17) is 33.2 Å². The Balaban J connectivity index is 1.00. The molecule has 0 amide bonds. The number of allylic oxidation sites excluding steroid dienone is 1. The molecule has 0 aromatic carbocycles. The molecule has 0 bridgehead atoms. The van der Waals surface area contributed by atoms with Crippen LogP contribution in [0, 0.1) is 51.2 Å². The van der Waals surface area contributed by atoms with E-state index in [1.165, 1.54) is 13.8 Å². The minimum atomic E-state index is -1.95. The van der Waals surface area contributed by atoms with Gasteiger partial charge in [0.1, 0.15) is 79.4 Å². The molecule has 30 atom stereocenters. The van der Waals surface area contributed by atoms with E-state index in [9.17, 15) is 81.7 Å². The van der Waals surface area contributed by atoms with Gasteiger partial charge in [0.05, 0.1) is 68.7 Å². The van der Waals surface area contributed by atoms with Crippen molar-refractivity contribution in [1.29, 1.82) is 0 Å². The molecule has 8 aliphatic rings. The van der Waals surface area contributed by atoms with Crippen LogP contribution in [0.4, 0.5) is 0 Å². The number of aliphatic hydroxyl groups is 16. The first kappa shape index (κ1) is 61.9. The SMILES string of the molecule is C[C@H](CC[C@@H](O[C@@H]1O[C@H](CO)C([C@H]2O[C@H](CO)[C@@H](O)[C@H](O)[C@H]2O)[C@H](O)[C@H]1O[C@@H]1O[C@H](CO)[C@@H](O)[C@H](O)[C@H]1O)C(C)(C)O)C1CC[C@@]2(C)C3CC=C4C(CC[C@H](O[C@@H]5O[C@H](CO)[C@@H](O)[C@H](O)[C@H]5O)C4(C)C)[C@]3(C)[C@H](O)C[C@]12C. The van der Waals surface area contributed by atoms with Gasteiger partial charge < -0.3 is 115 Å². The van der Waals surface area contributed by atoms with Crippen LogP contribution in [0.15, 0.2) is 11.6 Å². The zero-order chi connectivity index (χ0) is 56.8. The summed E-state index contributed by atoms with van der Waals surface area (Å²) in [6, 6.07) is 0. The van der Waals surface area contributed by atoms with E-state index in [-0.39, 0.29) is 40.9 Å². The van der Waals surface area contributed by atoms with Crippen molar-refractivity contribution in [2.24, 2.45) is 51.2 Å². The predicted molar refractivity (Wildman–Crippen MR) is 266 cm³/mol.